The SMILES string of the molecule is CCCN(CCN(C)C)c1nc(C)c(C(C)NC)s1. The fourth-order valence-electron chi connectivity index (χ4n) is 1.96. The van der Waals surface area contributed by atoms with E-state index in [1.165, 1.54) is 10.0 Å². The van der Waals surface area contributed by atoms with Crippen molar-refractivity contribution in [1.29, 1.82) is 0 Å². The molecule has 0 aliphatic rings. The van der Waals surface area contributed by atoms with E-state index in [0.29, 0.717) is 6.04 Å². The van der Waals surface area contributed by atoms with Gasteiger partial charge in [-0.15, -0.1) is 11.3 Å². The van der Waals surface area contributed by atoms with Gasteiger partial charge in [0, 0.05) is 30.6 Å². The highest BCUT2D eigenvalue weighted by atomic mass is 32.1. The molecule has 4 nitrogen and oxygen atoms in total. The normalized spacial score (nSPS) is 13.0. The minimum Gasteiger partial charge on any atom is -0.347 e. The molecule has 1 N–H and O–H groups in total. The van der Waals surface area contributed by atoms with Crippen LogP contribution in [0.15, 0.2) is 0 Å². The van der Waals surface area contributed by atoms with Crippen molar-refractivity contribution in [1.82, 2.24) is 15.2 Å². The Balaban J connectivity index is 2.84. The summed E-state index contributed by atoms with van der Waals surface area (Å²) in [7, 11) is 6.23. The zero-order valence-electron chi connectivity index (χ0n) is 13.2. The van der Waals surface area contributed by atoms with Gasteiger partial charge in [-0.05, 0) is 41.4 Å². The Hall–Kier alpha value is -0.650. The molecule has 0 aliphatic carbocycles. The Kier molecular flexibility index (Phi) is 6.75. The second-order valence-electron chi connectivity index (χ2n) is 5.25. The molecule has 0 aromatic carbocycles. The van der Waals surface area contributed by atoms with Crippen LogP contribution >= 0.6 is 11.3 Å². The first-order valence-electron chi connectivity index (χ1n) is 7.03. The van der Waals surface area contributed by atoms with Gasteiger partial charge in [0.2, 0.25) is 0 Å². The van der Waals surface area contributed by atoms with Crippen LogP contribution in [0.3, 0.4) is 0 Å². The zero-order chi connectivity index (χ0) is 14.4. The Bertz CT molecular complexity index is 376. The van der Waals surface area contributed by atoms with Crippen LogP contribution in [-0.2, 0) is 0 Å². The molecule has 0 saturated heterocycles. The van der Waals surface area contributed by atoms with Crippen LogP contribution in [0, 0.1) is 6.92 Å². The summed E-state index contributed by atoms with van der Waals surface area (Å²) in [5.41, 5.74) is 1.16. The van der Waals surface area contributed by atoms with E-state index >= 15 is 0 Å². The maximum absolute atomic E-state index is 4.76. The largest absolute Gasteiger partial charge is 0.347 e. The van der Waals surface area contributed by atoms with E-state index in [4.69, 9.17) is 4.98 Å². The Labute approximate surface area is 121 Å². The van der Waals surface area contributed by atoms with Gasteiger partial charge in [-0.2, -0.15) is 0 Å². The van der Waals surface area contributed by atoms with E-state index in [9.17, 15) is 0 Å². The van der Waals surface area contributed by atoms with Gasteiger partial charge in [0.1, 0.15) is 0 Å². The molecule has 0 spiro atoms. The standard InChI is InChI=1S/C14H28N4S/c1-7-8-18(10-9-17(5)6)14-16-12(3)13(19-14)11(2)15-4/h11,15H,7-10H2,1-6H3. The van der Waals surface area contributed by atoms with Crippen LogP contribution in [0.25, 0.3) is 0 Å². The molecular weight excluding hydrogens is 256 g/mol. The molecule has 1 atom stereocenters. The smallest absolute Gasteiger partial charge is 0.185 e. The second kappa shape index (κ2) is 7.82. The molecule has 0 saturated carbocycles. The predicted octanol–water partition coefficient (Wildman–Crippen LogP) is 2.51. The van der Waals surface area contributed by atoms with Crippen molar-refractivity contribution in [3.05, 3.63) is 10.6 Å². The van der Waals surface area contributed by atoms with Crippen molar-refractivity contribution in [3.63, 3.8) is 0 Å². The third-order valence-corrected chi connectivity index (χ3v) is 4.63. The van der Waals surface area contributed by atoms with Crippen LogP contribution in [0.5, 0.6) is 0 Å². The van der Waals surface area contributed by atoms with Crippen LogP contribution in [0.4, 0.5) is 5.13 Å². The Morgan fingerprint density at radius 3 is 2.47 bits per heavy atom. The fraction of sp³-hybridized carbons (Fsp3) is 0.786. The Morgan fingerprint density at radius 2 is 1.95 bits per heavy atom. The third kappa shape index (κ3) is 4.75. The van der Waals surface area contributed by atoms with Crippen molar-refractivity contribution < 1.29 is 0 Å². The predicted molar refractivity (Wildman–Crippen MR) is 85.4 cm³/mol. The van der Waals surface area contributed by atoms with Crippen LogP contribution in [0.2, 0.25) is 0 Å². The lowest BCUT2D eigenvalue weighted by Crippen LogP contribution is -2.32. The molecule has 0 radical (unpaired) electrons. The van der Waals surface area contributed by atoms with Crippen LogP contribution in [0.1, 0.15) is 36.9 Å². The molecule has 0 bridgehead atoms. The second-order valence-corrected chi connectivity index (χ2v) is 6.26. The van der Waals surface area contributed by atoms with Gasteiger partial charge in [-0.1, -0.05) is 6.92 Å². The van der Waals surface area contributed by atoms with E-state index in [-0.39, 0.29) is 0 Å². The lowest BCUT2D eigenvalue weighted by molar-refractivity contribution is 0.413. The summed E-state index contributed by atoms with van der Waals surface area (Å²) in [4.78, 5) is 10.7. The highest BCUT2D eigenvalue weighted by molar-refractivity contribution is 7.15. The fourth-order valence-corrected chi connectivity index (χ4v) is 3.13. The lowest BCUT2D eigenvalue weighted by atomic mass is 10.2. The highest BCUT2D eigenvalue weighted by Gasteiger charge is 2.16. The van der Waals surface area contributed by atoms with Crippen LogP contribution < -0.4 is 10.2 Å². The minimum atomic E-state index is 0.378. The van der Waals surface area contributed by atoms with Gasteiger partial charge in [0.15, 0.2) is 5.13 Å². The van der Waals surface area contributed by atoms with Gasteiger partial charge in [-0.3, -0.25) is 0 Å². The zero-order valence-corrected chi connectivity index (χ0v) is 14.0. The average Bonchev–Trinajstić information content (AvgIpc) is 2.75. The molecular formula is C14H28N4S. The lowest BCUT2D eigenvalue weighted by Gasteiger charge is -2.23. The van der Waals surface area contributed by atoms with E-state index in [1.54, 1.807) is 0 Å². The first-order chi connectivity index (χ1) is 8.99. The number of anilines is 1. The van der Waals surface area contributed by atoms with Gasteiger partial charge in [0.25, 0.3) is 0 Å². The van der Waals surface area contributed by atoms with E-state index < -0.39 is 0 Å². The maximum atomic E-state index is 4.76. The van der Waals surface area contributed by atoms with Crippen molar-refractivity contribution in [2.24, 2.45) is 0 Å². The van der Waals surface area contributed by atoms with Crippen molar-refractivity contribution in [3.8, 4) is 0 Å². The summed E-state index contributed by atoms with van der Waals surface area (Å²) in [5.74, 6) is 0. The number of hydrogen-bond donors (Lipinski definition) is 1. The molecule has 1 aromatic heterocycles. The molecule has 5 heteroatoms. The molecule has 1 unspecified atom stereocenters. The molecule has 110 valence electrons. The monoisotopic (exact) mass is 284 g/mol. The minimum absolute atomic E-state index is 0.378. The summed E-state index contributed by atoms with van der Waals surface area (Å²) in [5, 5.41) is 4.47. The summed E-state index contributed by atoms with van der Waals surface area (Å²) in [6.45, 7) is 9.71. The molecule has 1 heterocycles. The number of aryl methyl sites for hydroxylation is 1. The van der Waals surface area contributed by atoms with Crippen molar-refractivity contribution in [2.45, 2.75) is 33.2 Å². The number of aromatic nitrogens is 1. The topological polar surface area (TPSA) is 31.4 Å². The van der Waals surface area contributed by atoms with Crippen molar-refractivity contribution in [2.75, 3.05) is 45.7 Å². The average molecular weight is 284 g/mol. The third-order valence-electron chi connectivity index (χ3n) is 3.23. The molecule has 1 aromatic rings. The van der Waals surface area contributed by atoms with E-state index in [2.05, 4.69) is 50.0 Å². The van der Waals surface area contributed by atoms with Crippen LogP contribution in [-0.4, -0.2) is 50.7 Å². The summed E-state index contributed by atoms with van der Waals surface area (Å²) < 4.78 is 0. The molecule has 0 amide bonds. The number of hydrogen-bond acceptors (Lipinski definition) is 5. The summed E-state index contributed by atoms with van der Waals surface area (Å²) in [6, 6.07) is 0.378. The maximum Gasteiger partial charge on any atom is 0.185 e. The molecule has 19 heavy (non-hydrogen) atoms. The molecule has 1 rings (SSSR count). The molecule has 0 fully saturated rings. The number of nitrogens with zero attached hydrogens (tertiary/aromatic N) is 3. The number of thiazole rings is 1. The van der Waals surface area contributed by atoms with Gasteiger partial charge < -0.3 is 15.1 Å². The van der Waals surface area contributed by atoms with Gasteiger partial charge >= 0.3 is 0 Å². The van der Waals surface area contributed by atoms with E-state index in [1.807, 2.05) is 18.4 Å². The summed E-state index contributed by atoms with van der Waals surface area (Å²) in [6.07, 6.45) is 1.16. The first kappa shape index (κ1) is 16.4. The molecule has 0 aliphatic heterocycles. The quantitative estimate of drug-likeness (QED) is 0.795. The number of nitrogens with one attached hydrogen (secondary N) is 1. The number of rotatable bonds is 8. The number of likely N-dealkylation sites (N-methyl/N-ethyl adjacent to an activating group) is 1. The Morgan fingerprint density at radius 1 is 1.26 bits per heavy atom. The van der Waals surface area contributed by atoms with E-state index in [0.717, 1.165) is 31.7 Å². The highest BCUT2D eigenvalue weighted by Crippen LogP contribution is 2.30. The van der Waals surface area contributed by atoms with Gasteiger partial charge in [-0.25, -0.2) is 4.98 Å². The summed E-state index contributed by atoms with van der Waals surface area (Å²) >= 11 is 1.83. The van der Waals surface area contributed by atoms with Crippen molar-refractivity contribution >= 4 is 16.5 Å². The first-order valence-corrected chi connectivity index (χ1v) is 7.85. The van der Waals surface area contributed by atoms with Gasteiger partial charge in [0.05, 0.1) is 5.69 Å².